The zero-order chi connectivity index (χ0) is 15.0. The average molecular weight is 297 g/mol. The molecule has 21 heavy (non-hydrogen) atoms. The highest BCUT2D eigenvalue weighted by molar-refractivity contribution is 7.99. The van der Waals surface area contributed by atoms with E-state index in [1.54, 1.807) is 23.6 Å². The van der Waals surface area contributed by atoms with Gasteiger partial charge in [-0.25, -0.2) is 0 Å². The van der Waals surface area contributed by atoms with Gasteiger partial charge in [0.15, 0.2) is 5.78 Å². The predicted octanol–water partition coefficient (Wildman–Crippen LogP) is 4.43. The predicted molar refractivity (Wildman–Crippen MR) is 84.4 cm³/mol. The maximum Gasteiger partial charge on any atom is 0.228 e. The molecular formula is C17H15NO2S. The summed E-state index contributed by atoms with van der Waals surface area (Å²) in [6.45, 7) is 3.39. The molecule has 2 aromatic carbocycles. The van der Waals surface area contributed by atoms with E-state index in [1.165, 1.54) is 0 Å². The van der Waals surface area contributed by atoms with Gasteiger partial charge in [-0.1, -0.05) is 36.9 Å². The maximum absolute atomic E-state index is 12.1. The standard InChI is InChI=1S/C17H15NO2S/c1-3-15(20)12-8-9-17-14(10-12)18(11(2)19)13-6-4-5-7-16(13)21-17/h4-10H,3H2,1-2H3. The van der Waals surface area contributed by atoms with Gasteiger partial charge in [-0.05, 0) is 24.3 Å². The third kappa shape index (κ3) is 2.36. The minimum absolute atomic E-state index is 0.0508. The summed E-state index contributed by atoms with van der Waals surface area (Å²) < 4.78 is 0. The van der Waals surface area contributed by atoms with Gasteiger partial charge in [0.1, 0.15) is 0 Å². The number of benzene rings is 2. The lowest BCUT2D eigenvalue weighted by molar-refractivity contribution is -0.115. The van der Waals surface area contributed by atoms with Crippen LogP contribution < -0.4 is 4.90 Å². The van der Waals surface area contributed by atoms with Crippen LogP contribution in [-0.2, 0) is 4.79 Å². The van der Waals surface area contributed by atoms with Crippen molar-refractivity contribution in [2.75, 3.05) is 4.90 Å². The number of carbonyl (C=O) groups excluding carboxylic acids is 2. The molecule has 2 aromatic rings. The molecule has 0 atom stereocenters. The second-order valence-electron chi connectivity index (χ2n) is 4.88. The van der Waals surface area contributed by atoms with Crippen molar-refractivity contribution in [1.82, 2.24) is 0 Å². The van der Waals surface area contributed by atoms with E-state index in [0.29, 0.717) is 12.0 Å². The van der Waals surface area contributed by atoms with Crippen LogP contribution in [0.15, 0.2) is 52.3 Å². The Bertz CT molecular complexity index is 739. The van der Waals surface area contributed by atoms with Crippen LogP contribution in [0.3, 0.4) is 0 Å². The number of hydrogen-bond donors (Lipinski definition) is 0. The van der Waals surface area contributed by atoms with Crippen LogP contribution in [0.2, 0.25) is 0 Å². The zero-order valence-electron chi connectivity index (χ0n) is 11.9. The van der Waals surface area contributed by atoms with Crippen molar-refractivity contribution in [3.8, 4) is 0 Å². The highest BCUT2D eigenvalue weighted by atomic mass is 32.2. The summed E-state index contributed by atoms with van der Waals surface area (Å²) in [6.07, 6.45) is 0.461. The van der Waals surface area contributed by atoms with E-state index < -0.39 is 0 Å². The number of para-hydroxylation sites is 1. The van der Waals surface area contributed by atoms with Gasteiger partial charge in [0.2, 0.25) is 5.91 Å². The third-order valence-electron chi connectivity index (χ3n) is 3.48. The van der Waals surface area contributed by atoms with Gasteiger partial charge in [0.25, 0.3) is 0 Å². The van der Waals surface area contributed by atoms with E-state index in [0.717, 1.165) is 21.2 Å². The number of carbonyl (C=O) groups is 2. The summed E-state index contributed by atoms with van der Waals surface area (Å²) in [5.74, 6) is 0.0373. The maximum atomic E-state index is 12.1. The van der Waals surface area contributed by atoms with E-state index in [4.69, 9.17) is 0 Å². The molecule has 0 spiro atoms. The van der Waals surface area contributed by atoms with Crippen molar-refractivity contribution in [2.45, 2.75) is 30.1 Å². The van der Waals surface area contributed by atoms with Crippen molar-refractivity contribution < 1.29 is 9.59 Å². The van der Waals surface area contributed by atoms with Gasteiger partial charge in [-0.3, -0.25) is 14.5 Å². The molecule has 1 aliphatic heterocycles. The van der Waals surface area contributed by atoms with Crippen LogP contribution in [0.5, 0.6) is 0 Å². The monoisotopic (exact) mass is 297 g/mol. The van der Waals surface area contributed by atoms with Crippen molar-refractivity contribution in [3.05, 3.63) is 48.0 Å². The largest absolute Gasteiger partial charge is 0.294 e. The average Bonchev–Trinajstić information content (AvgIpc) is 2.50. The Morgan fingerprint density at radius 1 is 1.05 bits per heavy atom. The minimum Gasteiger partial charge on any atom is -0.294 e. The Balaban J connectivity index is 2.17. The lowest BCUT2D eigenvalue weighted by Crippen LogP contribution is -2.26. The quantitative estimate of drug-likeness (QED) is 0.770. The lowest BCUT2D eigenvalue weighted by Gasteiger charge is -2.30. The van der Waals surface area contributed by atoms with Gasteiger partial charge < -0.3 is 0 Å². The summed E-state index contributed by atoms with van der Waals surface area (Å²) in [4.78, 5) is 27.8. The van der Waals surface area contributed by atoms with Crippen molar-refractivity contribution in [2.24, 2.45) is 0 Å². The molecule has 0 N–H and O–H groups in total. The molecule has 3 nitrogen and oxygen atoms in total. The molecule has 0 saturated heterocycles. The van der Waals surface area contributed by atoms with Gasteiger partial charge in [0.05, 0.1) is 11.4 Å². The van der Waals surface area contributed by atoms with Gasteiger partial charge in [-0.2, -0.15) is 0 Å². The number of fused-ring (bicyclic) bond motifs is 2. The van der Waals surface area contributed by atoms with E-state index in [-0.39, 0.29) is 11.7 Å². The molecular weight excluding hydrogens is 282 g/mol. The Labute approximate surface area is 128 Å². The van der Waals surface area contributed by atoms with Gasteiger partial charge >= 0.3 is 0 Å². The summed E-state index contributed by atoms with van der Waals surface area (Å²) in [5.41, 5.74) is 2.33. The molecule has 1 aliphatic rings. The molecule has 0 radical (unpaired) electrons. The molecule has 4 heteroatoms. The Hall–Kier alpha value is -2.07. The zero-order valence-corrected chi connectivity index (χ0v) is 12.7. The van der Waals surface area contributed by atoms with Crippen LogP contribution in [0, 0.1) is 0 Å². The summed E-state index contributed by atoms with van der Waals surface area (Å²) >= 11 is 1.63. The molecule has 0 saturated carbocycles. The van der Waals surface area contributed by atoms with Gasteiger partial charge in [-0.15, -0.1) is 0 Å². The van der Waals surface area contributed by atoms with E-state index in [1.807, 2.05) is 49.4 Å². The smallest absolute Gasteiger partial charge is 0.228 e. The van der Waals surface area contributed by atoms with Crippen LogP contribution >= 0.6 is 11.8 Å². The van der Waals surface area contributed by atoms with Crippen LogP contribution in [0.25, 0.3) is 0 Å². The molecule has 1 heterocycles. The number of Topliss-reactive ketones (excluding diaryl/α,β-unsaturated/α-hetero) is 1. The van der Waals surface area contributed by atoms with Crippen molar-refractivity contribution in [3.63, 3.8) is 0 Å². The first-order valence-corrected chi connectivity index (χ1v) is 7.68. The topological polar surface area (TPSA) is 37.4 Å². The fraction of sp³-hybridized carbons (Fsp3) is 0.176. The fourth-order valence-corrected chi connectivity index (χ4v) is 3.51. The summed E-state index contributed by atoms with van der Waals surface area (Å²) in [6, 6.07) is 13.4. The highest BCUT2D eigenvalue weighted by Crippen LogP contribution is 2.48. The SMILES string of the molecule is CCC(=O)c1ccc2c(c1)N(C(C)=O)c1ccccc1S2. The first-order valence-electron chi connectivity index (χ1n) is 6.86. The summed E-state index contributed by atoms with van der Waals surface area (Å²) in [7, 11) is 0. The molecule has 0 unspecified atom stereocenters. The van der Waals surface area contributed by atoms with Gasteiger partial charge in [0, 0.05) is 28.7 Å². The second kappa shape index (κ2) is 5.37. The molecule has 0 fully saturated rings. The Morgan fingerprint density at radius 3 is 2.48 bits per heavy atom. The molecule has 3 rings (SSSR count). The van der Waals surface area contributed by atoms with E-state index in [2.05, 4.69) is 0 Å². The van der Waals surface area contributed by atoms with Crippen LogP contribution in [0.1, 0.15) is 30.6 Å². The Kier molecular flexibility index (Phi) is 3.55. The number of amides is 1. The van der Waals surface area contributed by atoms with Crippen LogP contribution in [-0.4, -0.2) is 11.7 Å². The fourth-order valence-electron chi connectivity index (χ4n) is 2.47. The number of rotatable bonds is 2. The third-order valence-corrected chi connectivity index (χ3v) is 4.61. The number of ketones is 1. The lowest BCUT2D eigenvalue weighted by atomic mass is 10.1. The highest BCUT2D eigenvalue weighted by Gasteiger charge is 2.26. The molecule has 1 amide bonds. The minimum atomic E-state index is -0.0508. The molecule has 106 valence electrons. The Morgan fingerprint density at radius 2 is 1.76 bits per heavy atom. The van der Waals surface area contributed by atoms with E-state index in [9.17, 15) is 9.59 Å². The number of hydrogen-bond acceptors (Lipinski definition) is 3. The number of anilines is 2. The normalized spacial score (nSPS) is 12.6. The van der Waals surface area contributed by atoms with Crippen molar-refractivity contribution in [1.29, 1.82) is 0 Å². The molecule has 0 aromatic heterocycles. The summed E-state index contributed by atoms with van der Waals surface area (Å²) in [5, 5.41) is 0. The van der Waals surface area contributed by atoms with E-state index >= 15 is 0 Å². The first kappa shape index (κ1) is 13.9. The molecule has 0 bridgehead atoms. The number of nitrogens with zero attached hydrogens (tertiary/aromatic N) is 1. The first-order chi connectivity index (χ1) is 10.1. The van der Waals surface area contributed by atoms with Crippen LogP contribution in [0.4, 0.5) is 11.4 Å². The second-order valence-corrected chi connectivity index (χ2v) is 5.97. The molecule has 0 aliphatic carbocycles. The van der Waals surface area contributed by atoms with Crippen molar-refractivity contribution >= 4 is 34.8 Å².